The quantitative estimate of drug-likeness (QED) is 0.169. The second kappa shape index (κ2) is 13.2. The van der Waals surface area contributed by atoms with Crippen LogP contribution in [0.1, 0.15) is 25.0 Å². The first-order valence-electron chi connectivity index (χ1n) is 20.5. The molecule has 12 rings (SSSR count). The molecule has 60 heavy (non-hydrogen) atoms. The van der Waals surface area contributed by atoms with Gasteiger partial charge < -0.3 is 13.7 Å². The molecular weight excluding hydrogens is 733 g/mol. The highest BCUT2D eigenvalue weighted by Gasteiger charge is 2.38. The van der Waals surface area contributed by atoms with Crippen LogP contribution in [0.25, 0.3) is 88.6 Å². The smallest absolute Gasteiger partial charge is 0.227 e. The molecule has 0 bridgehead atoms. The van der Waals surface area contributed by atoms with E-state index in [1.807, 2.05) is 42.5 Å². The fraction of sp³-hybridized carbons (Fsp3) is 0.0536. The molecule has 0 atom stereocenters. The van der Waals surface area contributed by atoms with Crippen molar-refractivity contribution in [2.24, 2.45) is 0 Å². The number of benzene rings is 9. The standard InChI is InChI=1S/C56H38N2O2/c1-56(2)45-22-11-8-21-43(45)52-46(56)23-14-25-48(52)58(47-24-12-9-19-41(47)39-28-27-35-15-6-7-18-38(35)33-39)40-31-29-36(30-32-40)51-53-50(60-55(57-53)37-16-4-3-5-17-37)34-44-42-20-10-13-26-49(42)59-54(44)51/h3-34H,1-2H3. The summed E-state index contributed by atoms with van der Waals surface area (Å²) >= 11 is 0. The van der Waals surface area contributed by atoms with Gasteiger partial charge in [0.05, 0.1) is 16.9 Å². The molecular formula is C56H38N2O2. The van der Waals surface area contributed by atoms with E-state index in [0.717, 1.165) is 72.4 Å². The Bertz CT molecular complexity index is 3460. The predicted molar refractivity (Wildman–Crippen MR) is 247 cm³/mol. The topological polar surface area (TPSA) is 42.4 Å². The Morgan fingerprint density at radius 3 is 2.00 bits per heavy atom. The number of rotatable bonds is 6. The molecule has 0 radical (unpaired) electrons. The lowest BCUT2D eigenvalue weighted by molar-refractivity contribution is 0.620. The zero-order valence-corrected chi connectivity index (χ0v) is 33.2. The number of hydrogen-bond acceptors (Lipinski definition) is 4. The number of hydrogen-bond donors (Lipinski definition) is 0. The molecule has 1 aliphatic rings. The fourth-order valence-electron chi connectivity index (χ4n) is 9.59. The summed E-state index contributed by atoms with van der Waals surface area (Å²) < 4.78 is 13.2. The molecule has 0 fully saturated rings. The summed E-state index contributed by atoms with van der Waals surface area (Å²) in [5, 5.41) is 4.48. The van der Waals surface area contributed by atoms with E-state index in [2.05, 4.69) is 170 Å². The van der Waals surface area contributed by atoms with Gasteiger partial charge in [0.15, 0.2) is 5.58 Å². The van der Waals surface area contributed by atoms with E-state index in [1.54, 1.807) is 0 Å². The van der Waals surface area contributed by atoms with Crippen LogP contribution in [-0.4, -0.2) is 4.98 Å². The van der Waals surface area contributed by atoms with Crippen molar-refractivity contribution in [3.63, 3.8) is 0 Å². The van der Waals surface area contributed by atoms with Crippen molar-refractivity contribution in [3.8, 4) is 44.8 Å². The van der Waals surface area contributed by atoms with Crippen LogP contribution in [0.5, 0.6) is 0 Å². The van der Waals surface area contributed by atoms with E-state index in [4.69, 9.17) is 13.8 Å². The Morgan fingerprint density at radius 2 is 1.13 bits per heavy atom. The molecule has 0 unspecified atom stereocenters. The molecule has 0 N–H and O–H groups in total. The molecule has 9 aromatic carbocycles. The summed E-state index contributed by atoms with van der Waals surface area (Å²) in [5.74, 6) is 0.582. The summed E-state index contributed by atoms with van der Waals surface area (Å²) in [6.07, 6.45) is 0. The maximum atomic E-state index is 6.68. The van der Waals surface area contributed by atoms with Gasteiger partial charge in [-0.2, -0.15) is 0 Å². The van der Waals surface area contributed by atoms with Gasteiger partial charge in [-0.15, -0.1) is 0 Å². The van der Waals surface area contributed by atoms with Crippen LogP contribution in [0.15, 0.2) is 203 Å². The second-order valence-electron chi connectivity index (χ2n) is 16.3. The molecule has 0 saturated heterocycles. The molecule has 284 valence electrons. The summed E-state index contributed by atoms with van der Waals surface area (Å²) in [7, 11) is 0. The van der Waals surface area contributed by atoms with Crippen LogP contribution < -0.4 is 4.90 Å². The zero-order chi connectivity index (χ0) is 40.0. The van der Waals surface area contributed by atoms with Crippen molar-refractivity contribution in [1.82, 2.24) is 4.98 Å². The van der Waals surface area contributed by atoms with E-state index in [0.29, 0.717) is 5.89 Å². The first-order valence-corrected chi connectivity index (χ1v) is 20.5. The van der Waals surface area contributed by atoms with Gasteiger partial charge >= 0.3 is 0 Å². The van der Waals surface area contributed by atoms with E-state index >= 15 is 0 Å². The summed E-state index contributed by atoms with van der Waals surface area (Å²) in [4.78, 5) is 7.59. The highest BCUT2D eigenvalue weighted by molar-refractivity contribution is 6.17. The van der Waals surface area contributed by atoms with Crippen molar-refractivity contribution >= 4 is 60.9 Å². The maximum absolute atomic E-state index is 6.68. The van der Waals surface area contributed by atoms with Gasteiger partial charge in [0.1, 0.15) is 16.7 Å². The van der Waals surface area contributed by atoms with Crippen molar-refractivity contribution in [1.29, 1.82) is 0 Å². The summed E-state index contributed by atoms with van der Waals surface area (Å²) in [5.41, 5.74) is 16.6. The van der Waals surface area contributed by atoms with Crippen LogP contribution in [0, 0.1) is 0 Å². The minimum atomic E-state index is -0.151. The third-order valence-electron chi connectivity index (χ3n) is 12.5. The molecule has 4 heteroatoms. The number of fused-ring (bicyclic) bond motifs is 8. The number of aromatic nitrogens is 1. The SMILES string of the molecule is CC1(C)c2ccccc2-c2c(N(c3ccc(-c4c5nc(-c6ccccc6)oc5cc5c4oc4ccccc45)cc3)c3ccccc3-c3ccc4ccccc4c3)cccc21. The van der Waals surface area contributed by atoms with Gasteiger partial charge in [0.2, 0.25) is 5.89 Å². The molecule has 2 aromatic heterocycles. The molecule has 0 aliphatic heterocycles. The number of furan rings is 1. The van der Waals surface area contributed by atoms with Gasteiger partial charge in [-0.05, 0) is 93.2 Å². The Balaban J connectivity index is 1.09. The van der Waals surface area contributed by atoms with Crippen LogP contribution >= 0.6 is 0 Å². The molecule has 0 amide bonds. The number of anilines is 3. The zero-order valence-electron chi connectivity index (χ0n) is 33.2. The van der Waals surface area contributed by atoms with Gasteiger partial charge in [-0.1, -0.05) is 153 Å². The van der Waals surface area contributed by atoms with Gasteiger partial charge in [0.25, 0.3) is 0 Å². The Hall–Kier alpha value is -7.69. The third-order valence-corrected chi connectivity index (χ3v) is 12.5. The first kappa shape index (κ1) is 34.4. The normalized spacial score (nSPS) is 13.0. The van der Waals surface area contributed by atoms with Gasteiger partial charge in [-0.25, -0.2) is 4.98 Å². The number of para-hydroxylation sites is 2. The van der Waals surface area contributed by atoms with E-state index in [9.17, 15) is 0 Å². The predicted octanol–water partition coefficient (Wildman–Crippen LogP) is 15.7. The lowest BCUT2D eigenvalue weighted by atomic mass is 9.82. The number of nitrogens with zero attached hydrogens (tertiary/aromatic N) is 2. The van der Waals surface area contributed by atoms with Crippen LogP contribution in [0.3, 0.4) is 0 Å². The largest absolute Gasteiger partial charge is 0.455 e. The van der Waals surface area contributed by atoms with Crippen molar-refractivity contribution in [2.45, 2.75) is 19.3 Å². The molecule has 1 aliphatic carbocycles. The lowest BCUT2D eigenvalue weighted by Crippen LogP contribution is -2.16. The first-order chi connectivity index (χ1) is 29.5. The molecule has 2 heterocycles. The van der Waals surface area contributed by atoms with Crippen molar-refractivity contribution in [2.75, 3.05) is 4.90 Å². The highest BCUT2D eigenvalue weighted by atomic mass is 16.4. The van der Waals surface area contributed by atoms with E-state index < -0.39 is 0 Å². The molecule has 11 aromatic rings. The minimum Gasteiger partial charge on any atom is -0.455 e. The van der Waals surface area contributed by atoms with Gasteiger partial charge in [-0.3, -0.25) is 0 Å². The third kappa shape index (κ3) is 5.20. The Labute approximate surface area is 347 Å². The summed E-state index contributed by atoms with van der Waals surface area (Å²) in [6.45, 7) is 4.69. The fourth-order valence-corrected chi connectivity index (χ4v) is 9.59. The summed E-state index contributed by atoms with van der Waals surface area (Å²) in [6, 6.07) is 69.1. The second-order valence-corrected chi connectivity index (χ2v) is 16.3. The van der Waals surface area contributed by atoms with Crippen LogP contribution in [0.2, 0.25) is 0 Å². The Kier molecular flexibility index (Phi) is 7.54. The van der Waals surface area contributed by atoms with Crippen LogP contribution in [-0.2, 0) is 5.41 Å². The Morgan fingerprint density at radius 1 is 0.450 bits per heavy atom. The lowest BCUT2D eigenvalue weighted by Gasteiger charge is -2.30. The maximum Gasteiger partial charge on any atom is 0.227 e. The minimum absolute atomic E-state index is 0.151. The van der Waals surface area contributed by atoms with E-state index in [-0.39, 0.29) is 5.41 Å². The highest BCUT2D eigenvalue weighted by Crippen LogP contribution is 2.55. The monoisotopic (exact) mass is 770 g/mol. The number of oxazole rings is 1. The van der Waals surface area contributed by atoms with Crippen LogP contribution in [0.4, 0.5) is 17.1 Å². The average Bonchev–Trinajstić information content (AvgIpc) is 3.97. The molecule has 0 spiro atoms. The molecule has 4 nitrogen and oxygen atoms in total. The van der Waals surface area contributed by atoms with Gasteiger partial charge in [0, 0.05) is 38.6 Å². The van der Waals surface area contributed by atoms with E-state index in [1.165, 1.54) is 38.6 Å². The van der Waals surface area contributed by atoms with Crippen molar-refractivity contribution in [3.05, 3.63) is 205 Å². The van der Waals surface area contributed by atoms with Crippen molar-refractivity contribution < 1.29 is 8.83 Å². The average molecular weight is 771 g/mol. The molecule has 0 saturated carbocycles.